The van der Waals surface area contributed by atoms with Gasteiger partial charge in [-0.05, 0) is 60.7 Å². The zero-order chi connectivity index (χ0) is 20.2. The number of anilines is 1. The number of H-pyrrole nitrogens is 1. The summed E-state index contributed by atoms with van der Waals surface area (Å²) in [5, 5.41) is 28.9. The topological polar surface area (TPSA) is 112 Å². The number of carbonyl (C=O) groups excluding carboxylic acids is 1. The number of benzene rings is 3. The Labute approximate surface area is 165 Å². The number of phenolic OH excluding ortho intramolecular Hbond substituents is 1. The molecule has 8 heteroatoms. The summed E-state index contributed by atoms with van der Waals surface area (Å²) in [5.41, 5.74) is 2.55. The van der Waals surface area contributed by atoms with Crippen molar-refractivity contribution in [2.75, 3.05) is 12.4 Å². The Kier molecular flexibility index (Phi) is 4.90. The van der Waals surface area contributed by atoms with E-state index in [2.05, 4.69) is 25.7 Å². The number of aromatic nitrogens is 2. The molecule has 8 nitrogen and oxygen atoms in total. The predicted octanol–water partition coefficient (Wildman–Crippen LogP) is 4.94. The van der Waals surface area contributed by atoms with Gasteiger partial charge in [0, 0.05) is 11.1 Å². The molecule has 0 fully saturated rings. The number of nitrogens with zero attached hydrogens (tertiary/aromatic N) is 3. The van der Waals surface area contributed by atoms with Crippen LogP contribution >= 0.6 is 0 Å². The van der Waals surface area contributed by atoms with Crippen molar-refractivity contribution in [2.45, 2.75) is 0 Å². The average molecular weight is 387 g/mol. The molecule has 0 aliphatic rings. The monoisotopic (exact) mass is 387 g/mol. The van der Waals surface area contributed by atoms with Crippen LogP contribution in [-0.4, -0.2) is 28.3 Å². The van der Waals surface area contributed by atoms with Crippen LogP contribution in [0.3, 0.4) is 0 Å². The number of aromatic hydroxyl groups is 1. The fraction of sp³-hybridized carbons (Fsp3) is 0.0476. The van der Waals surface area contributed by atoms with Gasteiger partial charge in [0.15, 0.2) is 0 Å². The lowest BCUT2D eigenvalue weighted by atomic mass is 10.1. The molecule has 0 saturated carbocycles. The molecule has 3 N–H and O–H groups in total. The van der Waals surface area contributed by atoms with Crippen LogP contribution < -0.4 is 10.1 Å². The number of hydrogen-bond acceptors (Lipinski definition) is 6. The van der Waals surface area contributed by atoms with E-state index in [0.717, 1.165) is 16.7 Å². The van der Waals surface area contributed by atoms with Crippen molar-refractivity contribution in [3.8, 4) is 11.5 Å². The Balaban J connectivity index is 1.53. The van der Waals surface area contributed by atoms with Crippen molar-refractivity contribution < 1.29 is 14.6 Å². The van der Waals surface area contributed by atoms with Crippen molar-refractivity contribution in [3.05, 3.63) is 72.4 Å². The zero-order valence-electron chi connectivity index (χ0n) is 15.5. The van der Waals surface area contributed by atoms with Gasteiger partial charge in [-0.1, -0.05) is 0 Å². The molecule has 0 aliphatic carbocycles. The summed E-state index contributed by atoms with van der Waals surface area (Å²) in [7, 11) is 1.59. The van der Waals surface area contributed by atoms with Crippen LogP contribution in [0.15, 0.2) is 77.1 Å². The Morgan fingerprint density at radius 1 is 1.03 bits per heavy atom. The first-order valence-electron chi connectivity index (χ1n) is 8.76. The number of phenols is 1. The number of carbonyl (C=O) groups is 1. The van der Waals surface area contributed by atoms with Crippen molar-refractivity contribution in [1.82, 2.24) is 10.2 Å². The van der Waals surface area contributed by atoms with Gasteiger partial charge in [0.05, 0.1) is 35.8 Å². The Bertz CT molecular complexity index is 1200. The van der Waals surface area contributed by atoms with Crippen LogP contribution in [0.4, 0.5) is 17.1 Å². The average Bonchev–Trinajstić information content (AvgIpc) is 3.21. The zero-order valence-corrected chi connectivity index (χ0v) is 15.5. The molecule has 0 spiro atoms. The SMILES string of the molecule is COc1ccc(N=Nc2ccc(O)c(C(=O)Nc3ccc4cn[nH]c4c3)c2)cc1. The van der Waals surface area contributed by atoms with Gasteiger partial charge in [0.1, 0.15) is 11.5 Å². The minimum absolute atomic E-state index is 0.0980. The van der Waals surface area contributed by atoms with Crippen LogP contribution in [0, 0.1) is 0 Å². The Morgan fingerprint density at radius 3 is 2.59 bits per heavy atom. The van der Waals surface area contributed by atoms with Gasteiger partial charge >= 0.3 is 0 Å². The molecule has 0 aliphatic heterocycles. The van der Waals surface area contributed by atoms with Crippen LogP contribution in [0.5, 0.6) is 11.5 Å². The first-order valence-corrected chi connectivity index (χ1v) is 8.76. The molecule has 0 saturated heterocycles. The molecule has 0 bridgehead atoms. The maximum absolute atomic E-state index is 12.6. The van der Waals surface area contributed by atoms with Gasteiger partial charge in [-0.25, -0.2) is 0 Å². The van der Waals surface area contributed by atoms with E-state index in [1.54, 1.807) is 55.8 Å². The summed E-state index contributed by atoms with van der Waals surface area (Å²) >= 11 is 0. The predicted molar refractivity (Wildman–Crippen MR) is 109 cm³/mol. The van der Waals surface area contributed by atoms with Gasteiger partial charge in [0.25, 0.3) is 5.91 Å². The number of aromatic amines is 1. The lowest BCUT2D eigenvalue weighted by molar-refractivity contribution is 0.102. The molecule has 4 aromatic rings. The smallest absolute Gasteiger partial charge is 0.259 e. The second kappa shape index (κ2) is 7.81. The first kappa shape index (κ1) is 18.2. The molecule has 0 atom stereocenters. The van der Waals surface area contributed by atoms with Crippen LogP contribution in [-0.2, 0) is 0 Å². The van der Waals surface area contributed by atoms with Crippen LogP contribution in [0.2, 0.25) is 0 Å². The molecule has 1 amide bonds. The normalized spacial score (nSPS) is 11.1. The van der Waals surface area contributed by atoms with Crippen molar-refractivity contribution in [1.29, 1.82) is 0 Å². The number of nitrogens with one attached hydrogen (secondary N) is 2. The second-order valence-electron chi connectivity index (χ2n) is 6.23. The van der Waals surface area contributed by atoms with Gasteiger partial charge in [-0.15, -0.1) is 0 Å². The van der Waals surface area contributed by atoms with E-state index < -0.39 is 5.91 Å². The fourth-order valence-electron chi connectivity index (χ4n) is 2.75. The number of amides is 1. The number of methoxy groups -OCH3 is 1. The van der Waals surface area contributed by atoms with E-state index in [1.165, 1.54) is 12.1 Å². The quantitative estimate of drug-likeness (QED) is 0.421. The van der Waals surface area contributed by atoms with Crippen molar-refractivity contribution in [2.24, 2.45) is 10.2 Å². The summed E-state index contributed by atoms with van der Waals surface area (Å²) in [4.78, 5) is 12.6. The number of fused-ring (bicyclic) bond motifs is 1. The third-order valence-electron chi connectivity index (χ3n) is 4.28. The molecule has 0 radical (unpaired) electrons. The van der Waals surface area contributed by atoms with Gasteiger partial charge in [-0.2, -0.15) is 15.3 Å². The molecule has 29 heavy (non-hydrogen) atoms. The van der Waals surface area contributed by atoms with Crippen molar-refractivity contribution >= 4 is 33.9 Å². The standard InChI is InChI=1S/C21H17N5O3/c1-29-17-7-4-14(5-8-17)24-25-16-6-9-20(27)18(10-16)21(28)23-15-3-2-13-12-22-26-19(13)11-15/h2-12,27H,1H3,(H,22,26)(H,23,28). The first-order chi connectivity index (χ1) is 14.1. The summed E-state index contributed by atoms with van der Waals surface area (Å²) < 4.78 is 5.11. The third-order valence-corrected chi connectivity index (χ3v) is 4.28. The molecule has 3 aromatic carbocycles. The van der Waals surface area contributed by atoms with Gasteiger partial charge in [0.2, 0.25) is 0 Å². The molecule has 1 aromatic heterocycles. The van der Waals surface area contributed by atoms with E-state index >= 15 is 0 Å². The number of ether oxygens (including phenoxy) is 1. The van der Waals surface area contributed by atoms with Crippen LogP contribution in [0.25, 0.3) is 10.9 Å². The van der Waals surface area contributed by atoms with E-state index in [9.17, 15) is 9.90 Å². The lowest BCUT2D eigenvalue weighted by Crippen LogP contribution is -2.11. The molecule has 144 valence electrons. The fourth-order valence-corrected chi connectivity index (χ4v) is 2.75. The Morgan fingerprint density at radius 2 is 1.79 bits per heavy atom. The van der Waals surface area contributed by atoms with Crippen LogP contribution in [0.1, 0.15) is 10.4 Å². The van der Waals surface area contributed by atoms with E-state index in [-0.39, 0.29) is 11.3 Å². The number of azo groups is 1. The highest BCUT2D eigenvalue weighted by Gasteiger charge is 2.13. The molecular weight excluding hydrogens is 370 g/mol. The number of rotatable bonds is 5. The largest absolute Gasteiger partial charge is 0.507 e. The van der Waals surface area contributed by atoms with Crippen molar-refractivity contribution in [3.63, 3.8) is 0 Å². The highest BCUT2D eigenvalue weighted by atomic mass is 16.5. The highest BCUT2D eigenvalue weighted by Crippen LogP contribution is 2.27. The number of hydrogen-bond donors (Lipinski definition) is 3. The maximum Gasteiger partial charge on any atom is 0.259 e. The van der Waals surface area contributed by atoms with E-state index in [0.29, 0.717) is 17.1 Å². The summed E-state index contributed by atoms with van der Waals surface area (Å²) in [6.45, 7) is 0. The summed E-state index contributed by atoms with van der Waals surface area (Å²) in [5.74, 6) is 0.122. The molecule has 1 heterocycles. The minimum Gasteiger partial charge on any atom is -0.507 e. The molecular formula is C21H17N5O3. The summed E-state index contributed by atoms with van der Waals surface area (Å²) in [6, 6.07) is 16.9. The van der Waals surface area contributed by atoms with Gasteiger partial charge in [-0.3, -0.25) is 9.89 Å². The Hall–Kier alpha value is -4.20. The lowest BCUT2D eigenvalue weighted by Gasteiger charge is -2.07. The second-order valence-corrected chi connectivity index (χ2v) is 6.23. The van der Waals surface area contributed by atoms with E-state index in [1.807, 2.05) is 6.07 Å². The highest BCUT2D eigenvalue weighted by molar-refractivity contribution is 6.07. The third kappa shape index (κ3) is 4.06. The summed E-state index contributed by atoms with van der Waals surface area (Å²) in [6.07, 6.45) is 1.70. The molecule has 4 rings (SSSR count). The minimum atomic E-state index is -0.456. The van der Waals surface area contributed by atoms with E-state index in [4.69, 9.17) is 4.74 Å². The molecule has 0 unspecified atom stereocenters. The maximum atomic E-state index is 12.6. The van der Waals surface area contributed by atoms with Gasteiger partial charge < -0.3 is 15.2 Å².